The predicted molar refractivity (Wildman–Crippen MR) is 119 cm³/mol. The van der Waals surface area contributed by atoms with Crippen molar-refractivity contribution in [2.24, 2.45) is 0 Å². The highest BCUT2D eigenvalue weighted by Gasteiger charge is 2.09. The second-order valence-corrected chi connectivity index (χ2v) is 7.38. The molecule has 0 bridgehead atoms. The summed E-state index contributed by atoms with van der Waals surface area (Å²) in [6.45, 7) is 2.13. The maximum Gasteiger partial charge on any atom is 0.338 e. The molecule has 0 saturated carbocycles. The first-order valence-corrected chi connectivity index (χ1v) is 10.1. The first kappa shape index (κ1) is 22.9. The molecule has 0 saturated heterocycles. The van der Waals surface area contributed by atoms with E-state index in [2.05, 4.69) is 15.9 Å². The van der Waals surface area contributed by atoms with Crippen LogP contribution in [-0.4, -0.2) is 23.7 Å². The number of hydrogen-bond acceptors (Lipinski definition) is 3. The molecule has 0 aliphatic carbocycles. The molecule has 0 aliphatic rings. The van der Waals surface area contributed by atoms with Crippen LogP contribution in [0, 0.1) is 0 Å². The maximum atomic E-state index is 11.2. The summed E-state index contributed by atoms with van der Waals surface area (Å²) in [6, 6.07) is 19.6. The van der Waals surface area contributed by atoms with Crippen LogP contribution in [0.1, 0.15) is 27.6 Å². The molecule has 3 aromatic carbocycles. The molecule has 1 N–H and O–H groups in total. The normalized spacial score (nSPS) is 9.93. The Kier molecular flexibility index (Phi) is 8.70. The van der Waals surface area contributed by atoms with E-state index in [-0.39, 0.29) is 16.6 Å². The molecule has 0 radical (unpaired) electrons. The van der Waals surface area contributed by atoms with E-state index in [1.807, 2.05) is 30.3 Å². The van der Waals surface area contributed by atoms with Crippen molar-refractivity contribution in [1.82, 2.24) is 0 Å². The SMILES string of the molecule is CCOC(=O)c1ccc(Br)c(Cl)c1.O=C(O)c1ccc(-c2ccccc2)cc1Cl. The molecule has 0 unspecified atom stereocenters. The average Bonchev–Trinajstić information content (AvgIpc) is 2.71. The van der Waals surface area contributed by atoms with Crippen molar-refractivity contribution in [3.8, 4) is 11.1 Å². The number of hydrogen-bond donors (Lipinski definition) is 1. The summed E-state index contributed by atoms with van der Waals surface area (Å²) >= 11 is 14.9. The molecule has 0 heterocycles. The van der Waals surface area contributed by atoms with Gasteiger partial charge in [-0.15, -0.1) is 0 Å². The van der Waals surface area contributed by atoms with Crippen LogP contribution in [0.5, 0.6) is 0 Å². The number of carboxylic acid groups (broad SMARTS) is 1. The largest absolute Gasteiger partial charge is 0.478 e. The number of carbonyl (C=O) groups is 2. The molecule has 29 heavy (non-hydrogen) atoms. The molecule has 150 valence electrons. The molecule has 4 nitrogen and oxygen atoms in total. The lowest BCUT2D eigenvalue weighted by Gasteiger charge is -2.04. The number of aromatic carboxylic acids is 1. The van der Waals surface area contributed by atoms with E-state index in [1.54, 1.807) is 37.3 Å². The van der Waals surface area contributed by atoms with Crippen molar-refractivity contribution in [3.63, 3.8) is 0 Å². The van der Waals surface area contributed by atoms with Gasteiger partial charge in [-0.05, 0) is 64.3 Å². The van der Waals surface area contributed by atoms with E-state index in [0.717, 1.165) is 15.6 Å². The van der Waals surface area contributed by atoms with Crippen LogP contribution in [0.15, 0.2) is 71.2 Å². The van der Waals surface area contributed by atoms with Gasteiger partial charge in [-0.25, -0.2) is 9.59 Å². The zero-order chi connectivity index (χ0) is 21.4. The summed E-state index contributed by atoms with van der Waals surface area (Å²) < 4.78 is 5.58. The van der Waals surface area contributed by atoms with Crippen molar-refractivity contribution in [2.45, 2.75) is 6.92 Å². The fourth-order valence-electron chi connectivity index (χ4n) is 2.34. The van der Waals surface area contributed by atoms with Crippen LogP contribution in [0.4, 0.5) is 0 Å². The molecule has 7 heteroatoms. The number of rotatable bonds is 4. The molecule has 0 spiro atoms. The van der Waals surface area contributed by atoms with E-state index < -0.39 is 5.97 Å². The second kappa shape index (κ2) is 11.0. The van der Waals surface area contributed by atoms with Crippen molar-refractivity contribution < 1.29 is 19.4 Å². The van der Waals surface area contributed by atoms with E-state index >= 15 is 0 Å². The van der Waals surface area contributed by atoms with Gasteiger partial charge in [0.25, 0.3) is 0 Å². The standard InChI is InChI=1S/C13H9ClO2.C9H8BrClO2/c14-12-8-10(6-7-11(12)13(15)16)9-4-2-1-3-5-9;1-2-13-9(12)6-3-4-7(10)8(11)5-6/h1-8H,(H,15,16);3-5H,2H2,1H3. The first-order valence-electron chi connectivity index (χ1n) is 8.54. The molecule has 0 fully saturated rings. The number of ether oxygens (including phenoxy) is 1. The predicted octanol–water partition coefficient (Wildman–Crippen LogP) is 6.98. The number of carboxylic acids is 1. The summed E-state index contributed by atoms with van der Waals surface area (Å²) in [5.74, 6) is -1.36. The van der Waals surface area contributed by atoms with Gasteiger partial charge in [-0.1, -0.05) is 59.6 Å². The summed E-state index contributed by atoms with van der Waals surface area (Å²) in [5, 5.41) is 9.61. The van der Waals surface area contributed by atoms with Gasteiger partial charge in [0.15, 0.2) is 0 Å². The quantitative estimate of drug-likeness (QED) is 0.396. The second-order valence-electron chi connectivity index (χ2n) is 5.72. The van der Waals surface area contributed by atoms with Crippen molar-refractivity contribution in [3.05, 3.63) is 92.4 Å². The molecule has 3 rings (SSSR count). The Balaban J connectivity index is 0.000000212. The summed E-state index contributed by atoms with van der Waals surface area (Å²) in [6.07, 6.45) is 0. The molecular weight excluding hydrogens is 479 g/mol. The van der Waals surface area contributed by atoms with Crippen molar-refractivity contribution in [2.75, 3.05) is 6.61 Å². The number of benzene rings is 3. The Morgan fingerprint density at radius 2 is 1.62 bits per heavy atom. The molecule has 0 aliphatic heterocycles. The van der Waals surface area contributed by atoms with E-state index in [0.29, 0.717) is 17.2 Å². The van der Waals surface area contributed by atoms with Gasteiger partial charge < -0.3 is 9.84 Å². The minimum Gasteiger partial charge on any atom is -0.478 e. The number of esters is 1. The van der Waals surface area contributed by atoms with Crippen molar-refractivity contribution >= 4 is 51.1 Å². The smallest absolute Gasteiger partial charge is 0.338 e. The van der Waals surface area contributed by atoms with Gasteiger partial charge in [0, 0.05) is 4.47 Å². The highest BCUT2D eigenvalue weighted by Crippen LogP contribution is 2.25. The van der Waals surface area contributed by atoms with Crippen LogP contribution in [-0.2, 0) is 4.74 Å². The lowest BCUT2D eigenvalue weighted by atomic mass is 10.0. The minimum absolute atomic E-state index is 0.126. The summed E-state index contributed by atoms with van der Waals surface area (Å²) in [7, 11) is 0. The van der Waals surface area contributed by atoms with Gasteiger partial charge in [-0.2, -0.15) is 0 Å². The fourth-order valence-corrected chi connectivity index (χ4v) is 3.02. The first-order chi connectivity index (χ1) is 13.8. The highest BCUT2D eigenvalue weighted by atomic mass is 79.9. The van der Waals surface area contributed by atoms with Gasteiger partial charge in [-0.3, -0.25) is 0 Å². The van der Waals surface area contributed by atoms with Gasteiger partial charge in [0.2, 0.25) is 0 Å². The molecule has 0 aromatic heterocycles. The van der Waals surface area contributed by atoms with Crippen LogP contribution in [0.25, 0.3) is 11.1 Å². The Morgan fingerprint density at radius 1 is 0.931 bits per heavy atom. The van der Waals surface area contributed by atoms with Crippen LogP contribution >= 0.6 is 39.1 Å². The third-order valence-electron chi connectivity index (χ3n) is 3.74. The monoisotopic (exact) mass is 494 g/mol. The third kappa shape index (κ3) is 6.60. The Bertz CT molecular complexity index is 1010. The van der Waals surface area contributed by atoms with Crippen LogP contribution in [0.2, 0.25) is 10.0 Å². The third-order valence-corrected chi connectivity index (χ3v) is 5.28. The minimum atomic E-state index is -1.01. The Hall–Kier alpha value is -2.34. The van der Waals surface area contributed by atoms with Gasteiger partial charge >= 0.3 is 11.9 Å². The summed E-state index contributed by atoms with van der Waals surface area (Å²) in [4.78, 5) is 22.0. The molecule has 3 aromatic rings. The topological polar surface area (TPSA) is 63.6 Å². The Morgan fingerprint density at radius 3 is 2.17 bits per heavy atom. The molecule has 0 amide bonds. The molecule has 0 atom stereocenters. The van der Waals surface area contributed by atoms with Crippen LogP contribution < -0.4 is 0 Å². The lowest BCUT2D eigenvalue weighted by Crippen LogP contribution is -2.04. The van der Waals surface area contributed by atoms with E-state index in [1.165, 1.54) is 6.07 Å². The van der Waals surface area contributed by atoms with Crippen molar-refractivity contribution in [1.29, 1.82) is 0 Å². The van der Waals surface area contributed by atoms with Gasteiger partial charge in [0.05, 0.1) is 27.8 Å². The lowest BCUT2D eigenvalue weighted by molar-refractivity contribution is 0.0525. The Labute approximate surface area is 187 Å². The fraction of sp³-hybridized carbons (Fsp3) is 0.0909. The number of carbonyl (C=O) groups excluding carboxylic acids is 1. The molecular formula is C22H17BrCl2O4. The maximum absolute atomic E-state index is 11.2. The average molecular weight is 496 g/mol. The van der Waals surface area contributed by atoms with E-state index in [9.17, 15) is 9.59 Å². The summed E-state index contributed by atoms with van der Waals surface area (Å²) in [5.41, 5.74) is 2.52. The van der Waals surface area contributed by atoms with Gasteiger partial charge in [0.1, 0.15) is 0 Å². The zero-order valence-electron chi connectivity index (χ0n) is 15.4. The zero-order valence-corrected chi connectivity index (χ0v) is 18.5. The van der Waals surface area contributed by atoms with E-state index in [4.69, 9.17) is 33.0 Å². The number of halogens is 3. The highest BCUT2D eigenvalue weighted by molar-refractivity contribution is 9.10. The van der Waals surface area contributed by atoms with Crippen LogP contribution in [0.3, 0.4) is 0 Å².